The number of allylic oxidation sites excluding steroid dienone is 3. The third-order valence-electron chi connectivity index (χ3n) is 5.11. The topological polar surface area (TPSA) is 91.3 Å². The van der Waals surface area contributed by atoms with Crippen molar-refractivity contribution in [2.75, 3.05) is 21.3 Å². The highest BCUT2D eigenvalue weighted by molar-refractivity contribution is 6.06. The Hall–Kier alpha value is -3.22. The van der Waals surface area contributed by atoms with Gasteiger partial charge in [-0.25, -0.2) is 4.79 Å². The highest BCUT2D eigenvalue weighted by Gasteiger charge is 2.47. The molecule has 1 unspecified atom stereocenters. The third kappa shape index (κ3) is 4.76. The van der Waals surface area contributed by atoms with Gasteiger partial charge in [-0.3, -0.25) is 4.79 Å². The van der Waals surface area contributed by atoms with Crippen molar-refractivity contribution in [1.29, 1.82) is 0 Å². The molecule has 0 aromatic heterocycles. The molecule has 1 aliphatic carbocycles. The van der Waals surface area contributed by atoms with E-state index < -0.39 is 17.3 Å². The maximum atomic E-state index is 12.9. The summed E-state index contributed by atoms with van der Waals surface area (Å²) in [6.45, 7) is 7.25. The van der Waals surface area contributed by atoms with Crippen LogP contribution < -0.4 is 0 Å². The quantitative estimate of drug-likeness (QED) is 0.376. The molecule has 7 heteroatoms. The van der Waals surface area contributed by atoms with Crippen molar-refractivity contribution in [3.63, 3.8) is 0 Å². The molecule has 0 heterocycles. The van der Waals surface area contributed by atoms with Crippen LogP contribution in [0, 0.1) is 11.3 Å². The highest BCUT2D eigenvalue weighted by atomic mass is 16.6. The normalized spacial score (nSPS) is 18.4. The second-order valence-electron chi connectivity index (χ2n) is 7.90. The van der Waals surface area contributed by atoms with Gasteiger partial charge in [0, 0.05) is 5.41 Å². The molecule has 2 rings (SSSR count). The number of phenolic OH excluding ortho intramolecular Hbond substituents is 1. The Labute approximate surface area is 182 Å². The van der Waals surface area contributed by atoms with Crippen molar-refractivity contribution in [3.8, 4) is 5.75 Å². The Kier molecular flexibility index (Phi) is 7.55. The monoisotopic (exact) mass is 430 g/mol. The van der Waals surface area contributed by atoms with E-state index in [2.05, 4.69) is 0 Å². The molecule has 7 nitrogen and oxygen atoms in total. The Morgan fingerprint density at radius 1 is 1.06 bits per heavy atom. The van der Waals surface area contributed by atoms with Gasteiger partial charge >= 0.3 is 5.97 Å². The summed E-state index contributed by atoms with van der Waals surface area (Å²) in [5.74, 6) is -0.626. The molecule has 0 saturated heterocycles. The zero-order valence-corrected chi connectivity index (χ0v) is 19.0. The van der Waals surface area contributed by atoms with Gasteiger partial charge in [-0.1, -0.05) is 32.1 Å². The summed E-state index contributed by atoms with van der Waals surface area (Å²) in [6, 6.07) is 6.31. The predicted octanol–water partition coefficient (Wildman–Crippen LogP) is 4.14. The van der Waals surface area contributed by atoms with Gasteiger partial charge in [0.2, 0.25) is 0 Å². The lowest BCUT2D eigenvalue weighted by atomic mass is 9.70. The van der Waals surface area contributed by atoms with Gasteiger partial charge in [-0.05, 0) is 32.1 Å². The van der Waals surface area contributed by atoms with Crippen molar-refractivity contribution in [2.24, 2.45) is 11.3 Å². The summed E-state index contributed by atoms with van der Waals surface area (Å²) in [7, 11) is 4.37. The number of carbonyl (C=O) groups excluding carboxylic acids is 2. The van der Waals surface area contributed by atoms with E-state index >= 15 is 0 Å². The number of para-hydroxylation sites is 1. The first-order chi connectivity index (χ1) is 14.6. The van der Waals surface area contributed by atoms with Crippen LogP contribution in [0.15, 0.2) is 59.3 Å². The Balaban J connectivity index is 2.58. The number of carbonyl (C=O) groups is 2. The van der Waals surface area contributed by atoms with E-state index in [0.29, 0.717) is 11.5 Å². The Morgan fingerprint density at radius 2 is 1.71 bits per heavy atom. The highest BCUT2D eigenvalue weighted by Crippen LogP contribution is 2.49. The molecule has 1 atom stereocenters. The van der Waals surface area contributed by atoms with E-state index in [4.69, 9.17) is 18.9 Å². The average molecular weight is 430 g/mol. The number of ketones is 1. The summed E-state index contributed by atoms with van der Waals surface area (Å²) in [5, 5.41) is 9.96. The molecule has 0 saturated carbocycles. The fourth-order valence-corrected chi connectivity index (χ4v) is 3.69. The number of ether oxygens (including phenoxy) is 4. The van der Waals surface area contributed by atoms with Crippen molar-refractivity contribution in [1.82, 2.24) is 0 Å². The zero-order chi connectivity index (χ0) is 23.3. The first-order valence-electron chi connectivity index (χ1n) is 9.92. The molecule has 1 aromatic carbocycles. The fourth-order valence-electron chi connectivity index (χ4n) is 3.69. The molecule has 0 fully saturated rings. The van der Waals surface area contributed by atoms with Gasteiger partial charge < -0.3 is 24.1 Å². The number of phenols is 1. The maximum Gasteiger partial charge on any atom is 0.345 e. The minimum atomic E-state index is -0.775. The van der Waals surface area contributed by atoms with Gasteiger partial charge in [0.15, 0.2) is 11.5 Å². The molecule has 0 radical (unpaired) electrons. The lowest BCUT2D eigenvalue weighted by Gasteiger charge is -2.40. The van der Waals surface area contributed by atoms with E-state index in [1.54, 1.807) is 38.1 Å². The molecule has 1 aromatic rings. The van der Waals surface area contributed by atoms with Gasteiger partial charge in [-0.2, -0.15) is 0 Å². The van der Waals surface area contributed by atoms with Crippen LogP contribution in [0.3, 0.4) is 0 Å². The second kappa shape index (κ2) is 9.73. The number of hydrogen-bond donors (Lipinski definition) is 1. The van der Waals surface area contributed by atoms with Crippen LogP contribution in [-0.4, -0.2) is 44.3 Å². The summed E-state index contributed by atoms with van der Waals surface area (Å²) in [5.41, 5.74) is -0.439. The summed E-state index contributed by atoms with van der Waals surface area (Å²) in [4.78, 5) is 25.5. The van der Waals surface area contributed by atoms with Gasteiger partial charge in [0.05, 0.1) is 38.9 Å². The minimum Gasteiger partial charge on any atom is -0.507 e. The van der Waals surface area contributed by atoms with Gasteiger partial charge in [0.25, 0.3) is 0 Å². The first-order valence-corrected chi connectivity index (χ1v) is 9.92. The van der Waals surface area contributed by atoms with Gasteiger partial charge in [-0.15, -0.1) is 0 Å². The summed E-state index contributed by atoms with van der Waals surface area (Å²) < 4.78 is 22.2. The molecular weight excluding hydrogens is 400 g/mol. The van der Waals surface area contributed by atoms with Gasteiger partial charge in [0.1, 0.15) is 22.8 Å². The SMILES string of the molecule is COC1=C(OC)C(C=CC(=O)c2ccccc2O)C(C)(C)C(OC)=C1C(=O)OC(C)C. The summed E-state index contributed by atoms with van der Waals surface area (Å²) in [6.07, 6.45) is 2.70. The van der Waals surface area contributed by atoms with E-state index in [1.165, 1.54) is 33.5 Å². The third-order valence-corrected chi connectivity index (χ3v) is 5.11. The van der Waals surface area contributed by atoms with Crippen LogP contribution in [0.5, 0.6) is 5.75 Å². The molecule has 0 bridgehead atoms. The predicted molar refractivity (Wildman–Crippen MR) is 115 cm³/mol. The van der Waals surface area contributed by atoms with Crippen LogP contribution in [-0.2, 0) is 23.7 Å². The van der Waals surface area contributed by atoms with Crippen LogP contribution in [0.1, 0.15) is 38.1 Å². The number of esters is 1. The molecule has 0 aliphatic heterocycles. The number of hydrogen-bond acceptors (Lipinski definition) is 7. The lowest BCUT2D eigenvalue weighted by molar-refractivity contribution is -0.143. The number of benzene rings is 1. The fraction of sp³-hybridized carbons (Fsp3) is 0.417. The van der Waals surface area contributed by atoms with Crippen molar-refractivity contribution in [3.05, 3.63) is 64.8 Å². The standard InChI is InChI=1S/C24H30O7/c1-14(2)31-23(27)19-21(29-6)20(28-5)16(24(3,4)22(19)30-7)12-13-18(26)15-10-8-9-11-17(15)25/h8-14,16,25H,1-7H3. The van der Waals surface area contributed by atoms with Crippen LogP contribution in [0.2, 0.25) is 0 Å². The van der Waals surface area contributed by atoms with Crippen LogP contribution in [0.25, 0.3) is 0 Å². The number of rotatable bonds is 8. The first kappa shape index (κ1) is 24.1. The zero-order valence-electron chi connectivity index (χ0n) is 19.0. The Bertz CT molecular complexity index is 935. The van der Waals surface area contributed by atoms with Crippen LogP contribution in [0.4, 0.5) is 0 Å². The molecule has 0 spiro atoms. The molecule has 1 N–H and O–H groups in total. The largest absolute Gasteiger partial charge is 0.507 e. The van der Waals surface area contributed by atoms with Crippen molar-refractivity contribution < 1.29 is 33.6 Å². The smallest absolute Gasteiger partial charge is 0.345 e. The van der Waals surface area contributed by atoms with Crippen molar-refractivity contribution in [2.45, 2.75) is 33.8 Å². The van der Waals surface area contributed by atoms with E-state index in [1.807, 2.05) is 13.8 Å². The lowest BCUT2D eigenvalue weighted by Crippen LogP contribution is -2.36. The molecule has 1 aliphatic rings. The second-order valence-corrected chi connectivity index (χ2v) is 7.90. The number of aromatic hydroxyl groups is 1. The number of methoxy groups -OCH3 is 3. The van der Waals surface area contributed by atoms with Crippen LogP contribution >= 0.6 is 0 Å². The molecule has 0 amide bonds. The summed E-state index contributed by atoms with van der Waals surface area (Å²) >= 11 is 0. The van der Waals surface area contributed by atoms with Crippen molar-refractivity contribution >= 4 is 11.8 Å². The average Bonchev–Trinajstić information content (AvgIpc) is 2.70. The molecule has 168 valence electrons. The van der Waals surface area contributed by atoms with E-state index in [9.17, 15) is 14.7 Å². The molecule has 31 heavy (non-hydrogen) atoms. The Morgan fingerprint density at radius 3 is 2.23 bits per heavy atom. The molecular formula is C24H30O7. The van der Waals surface area contributed by atoms with E-state index in [-0.39, 0.29) is 34.5 Å². The minimum absolute atomic E-state index is 0.101. The van der Waals surface area contributed by atoms with E-state index in [0.717, 1.165) is 0 Å². The maximum absolute atomic E-state index is 12.9.